The second kappa shape index (κ2) is 4.26. The molecule has 0 aliphatic carbocycles. The summed E-state index contributed by atoms with van der Waals surface area (Å²) in [5.74, 6) is 0. The van der Waals surface area contributed by atoms with Gasteiger partial charge in [0.25, 0.3) is 0 Å². The van der Waals surface area contributed by atoms with E-state index in [2.05, 4.69) is 4.99 Å². The van der Waals surface area contributed by atoms with Crippen LogP contribution in [-0.4, -0.2) is 36.1 Å². The van der Waals surface area contributed by atoms with Crippen molar-refractivity contribution < 1.29 is 14.7 Å². The van der Waals surface area contributed by atoms with Crippen LogP contribution in [0.25, 0.3) is 0 Å². The van der Waals surface area contributed by atoms with Crippen molar-refractivity contribution in [2.45, 2.75) is 25.1 Å². The van der Waals surface area contributed by atoms with E-state index in [1.54, 1.807) is 7.11 Å². The molecule has 0 saturated carbocycles. The molecule has 0 amide bonds. The molecule has 5 heteroatoms. The fourth-order valence-corrected chi connectivity index (χ4v) is 2.33. The largest absolute Gasteiger partial charge is 0.467 e. The van der Waals surface area contributed by atoms with Crippen LogP contribution in [0.15, 0.2) is 35.3 Å². The van der Waals surface area contributed by atoms with Crippen LogP contribution in [0.3, 0.4) is 0 Å². The summed E-state index contributed by atoms with van der Waals surface area (Å²) in [6.07, 6.45) is 0. The van der Waals surface area contributed by atoms with Gasteiger partial charge in [-0.1, -0.05) is 30.3 Å². The topological polar surface area (TPSA) is 54.3 Å². The highest BCUT2D eigenvalue weighted by Gasteiger charge is 2.58. The number of amidine groups is 1. The Morgan fingerprint density at radius 2 is 1.78 bits per heavy atom. The Hall–Kier alpha value is -1.59. The van der Waals surface area contributed by atoms with Crippen LogP contribution >= 0.6 is 0 Å². The van der Waals surface area contributed by atoms with Crippen LogP contribution in [0.2, 0.25) is 0 Å². The first-order valence-corrected chi connectivity index (χ1v) is 5.73. The highest BCUT2D eigenvalue weighted by atomic mass is 16.6. The lowest BCUT2D eigenvalue weighted by atomic mass is 9.85. The minimum absolute atomic E-state index is 0.144. The van der Waals surface area contributed by atoms with Crippen LogP contribution in [0.1, 0.15) is 19.4 Å². The highest BCUT2D eigenvalue weighted by Crippen LogP contribution is 2.45. The van der Waals surface area contributed by atoms with Crippen LogP contribution in [0.4, 0.5) is 0 Å². The van der Waals surface area contributed by atoms with Gasteiger partial charge in [-0.3, -0.25) is 5.21 Å². The zero-order valence-electron chi connectivity index (χ0n) is 11.0. The molecule has 0 bridgehead atoms. The number of hydrogen-bond donors (Lipinski definition) is 1. The lowest BCUT2D eigenvalue weighted by Crippen LogP contribution is -2.53. The van der Waals surface area contributed by atoms with Crippen molar-refractivity contribution in [1.82, 2.24) is 5.06 Å². The summed E-state index contributed by atoms with van der Waals surface area (Å²) in [6.45, 7) is 3.69. The summed E-state index contributed by atoms with van der Waals surface area (Å²) in [5.41, 5.74) is -0.897. The van der Waals surface area contributed by atoms with Crippen molar-refractivity contribution >= 4 is 6.02 Å². The maximum Gasteiger partial charge on any atom is 0.315 e. The molecule has 1 N–H and O–H groups in total. The molecule has 0 saturated heterocycles. The Balaban J connectivity index is 2.60. The lowest BCUT2D eigenvalue weighted by molar-refractivity contribution is -0.179. The van der Waals surface area contributed by atoms with E-state index in [9.17, 15) is 5.21 Å². The highest BCUT2D eigenvalue weighted by molar-refractivity contribution is 5.77. The van der Waals surface area contributed by atoms with Gasteiger partial charge in [0.2, 0.25) is 5.72 Å². The van der Waals surface area contributed by atoms with Gasteiger partial charge in [-0.25, -0.2) is 0 Å². The molecule has 98 valence electrons. The number of rotatable bonds is 2. The average Bonchev–Trinajstić information content (AvgIpc) is 2.60. The number of hydrogen-bond acceptors (Lipinski definition) is 5. The van der Waals surface area contributed by atoms with Gasteiger partial charge in [0, 0.05) is 12.7 Å². The second-order valence-corrected chi connectivity index (χ2v) is 4.68. The molecule has 0 spiro atoms. The molecule has 0 fully saturated rings. The van der Waals surface area contributed by atoms with E-state index in [-0.39, 0.29) is 6.02 Å². The molecule has 0 aromatic heterocycles. The van der Waals surface area contributed by atoms with E-state index >= 15 is 0 Å². The standard InChI is InChI=1S/C13H18N2O3/c1-12(2)13(18-4,10-8-6-5-7-9-10)14-11(17-3)15(12)16/h5-9,16H,1-4H3/t13-/m1/s1. The van der Waals surface area contributed by atoms with Gasteiger partial charge in [0.05, 0.1) is 7.11 Å². The van der Waals surface area contributed by atoms with Gasteiger partial charge in [-0.15, -0.1) is 0 Å². The molecule has 2 rings (SSSR count). The summed E-state index contributed by atoms with van der Waals surface area (Å²) < 4.78 is 10.7. The average molecular weight is 250 g/mol. The second-order valence-electron chi connectivity index (χ2n) is 4.68. The first kappa shape index (κ1) is 12.9. The summed E-state index contributed by atoms with van der Waals surface area (Å²) in [6, 6.07) is 9.72. The molecule has 1 aliphatic heterocycles. The number of benzene rings is 1. The predicted octanol–water partition coefficient (Wildman–Crippen LogP) is 1.97. The first-order valence-electron chi connectivity index (χ1n) is 5.73. The molecule has 1 aromatic carbocycles. The van der Waals surface area contributed by atoms with Crippen LogP contribution < -0.4 is 0 Å². The van der Waals surface area contributed by atoms with Crippen molar-refractivity contribution in [3.63, 3.8) is 0 Å². The summed E-state index contributed by atoms with van der Waals surface area (Å²) in [5, 5.41) is 11.1. The number of hydroxylamine groups is 2. The fourth-order valence-electron chi connectivity index (χ4n) is 2.33. The summed E-state index contributed by atoms with van der Waals surface area (Å²) in [7, 11) is 3.04. The van der Waals surface area contributed by atoms with Gasteiger partial charge in [-0.05, 0) is 13.8 Å². The van der Waals surface area contributed by atoms with E-state index in [0.717, 1.165) is 10.6 Å². The minimum Gasteiger partial charge on any atom is -0.467 e. The zero-order valence-corrected chi connectivity index (χ0v) is 11.0. The number of ether oxygens (including phenoxy) is 2. The maximum absolute atomic E-state index is 10.1. The molecular weight excluding hydrogens is 232 g/mol. The van der Waals surface area contributed by atoms with Gasteiger partial charge < -0.3 is 9.47 Å². The molecule has 1 atom stereocenters. The van der Waals surface area contributed by atoms with E-state index in [1.165, 1.54) is 7.11 Å². The Kier molecular flexibility index (Phi) is 3.04. The summed E-state index contributed by atoms with van der Waals surface area (Å²) >= 11 is 0. The van der Waals surface area contributed by atoms with Crippen molar-refractivity contribution in [3.8, 4) is 0 Å². The molecule has 18 heavy (non-hydrogen) atoms. The zero-order chi connectivity index (χ0) is 13.4. The Morgan fingerprint density at radius 3 is 2.22 bits per heavy atom. The third-order valence-electron chi connectivity index (χ3n) is 3.44. The quantitative estimate of drug-likeness (QED) is 0.872. The van der Waals surface area contributed by atoms with E-state index in [4.69, 9.17) is 9.47 Å². The molecule has 0 unspecified atom stereocenters. The van der Waals surface area contributed by atoms with Gasteiger partial charge in [0.15, 0.2) is 0 Å². The number of aliphatic imine (C=N–C) groups is 1. The Morgan fingerprint density at radius 1 is 1.17 bits per heavy atom. The van der Waals surface area contributed by atoms with Crippen molar-refractivity contribution in [1.29, 1.82) is 0 Å². The third kappa shape index (κ3) is 1.51. The molecular formula is C13H18N2O3. The van der Waals surface area contributed by atoms with E-state index < -0.39 is 11.3 Å². The van der Waals surface area contributed by atoms with Crippen molar-refractivity contribution in [2.75, 3.05) is 14.2 Å². The Bertz CT molecular complexity index is 459. The molecule has 1 heterocycles. The third-order valence-corrected chi connectivity index (χ3v) is 3.44. The number of nitrogens with zero attached hydrogens (tertiary/aromatic N) is 2. The summed E-state index contributed by atoms with van der Waals surface area (Å²) in [4.78, 5) is 4.41. The van der Waals surface area contributed by atoms with Gasteiger partial charge >= 0.3 is 6.02 Å². The molecule has 1 aliphatic rings. The molecule has 1 aromatic rings. The first-order chi connectivity index (χ1) is 8.49. The van der Waals surface area contributed by atoms with Gasteiger partial charge in [0.1, 0.15) is 5.54 Å². The lowest BCUT2D eigenvalue weighted by Gasteiger charge is -2.39. The maximum atomic E-state index is 10.1. The van der Waals surface area contributed by atoms with Crippen LogP contribution in [0, 0.1) is 0 Å². The normalized spacial score (nSPS) is 26.1. The molecule has 0 radical (unpaired) electrons. The number of methoxy groups -OCH3 is 2. The van der Waals surface area contributed by atoms with Crippen molar-refractivity contribution in [2.24, 2.45) is 4.99 Å². The SMILES string of the molecule is COC1=N[C@@](OC)(c2ccccc2)C(C)(C)N1O. The van der Waals surface area contributed by atoms with Crippen LogP contribution in [-0.2, 0) is 15.2 Å². The predicted molar refractivity (Wildman–Crippen MR) is 67.3 cm³/mol. The minimum atomic E-state index is -0.992. The Labute approximate surface area is 107 Å². The van der Waals surface area contributed by atoms with E-state index in [0.29, 0.717) is 0 Å². The smallest absolute Gasteiger partial charge is 0.315 e. The van der Waals surface area contributed by atoms with Crippen LogP contribution in [0.5, 0.6) is 0 Å². The van der Waals surface area contributed by atoms with Crippen molar-refractivity contribution in [3.05, 3.63) is 35.9 Å². The van der Waals surface area contributed by atoms with E-state index in [1.807, 2.05) is 44.2 Å². The fraction of sp³-hybridized carbons (Fsp3) is 0.462. The van der Waals surface area contributed by atoms with Gasteiger partial charge in [-0.2, -0.15) is 10.1 Å². The molecule has 5 nitrogen and oxygen atoms in total. The monoisotopic (exact) mass is 250 g/mol.